The molecule has 0 aliphatic carbocycles. The molecular weight excluding hydrogens is 270 g/mol. The van der Waals surface area contributed by atoms with Crippen molar-refractivity contribution in [3.8, 4) is 0 Å². The zero-order valence-electron chi connectivity index (χ0n) is 12.4. The molecule has 0 bridgehead atoms. The normalized spacial score (nSPS) is 21.4. The molecule has 2 rings (SSSR count). The summed E-state index contributed by atoms with van der Waals surface area (Å²) < 4.78 is 23.4. The van der Waals surface area contributed by atoms with Crippen molar-refractivity contribution >= 4 is 9.84 Å². The van der Waals surface area contributed by atoms with E-state index in [4.69, 9.17) is 0 Å². The van der Waals surface area contributed by atoms with Gasteiger partial charge in [0, 0.05) is 13.1 Å². The van der Waals surface area contributed by atoms with Crippen molar-refractivity contribution in [2.45, 2.75) is 44.9 Å². The Hall–Kier alpha value is -0.870. The molecule has 0 radical (unpaired) electrons. The smallest absolute Gasteiger partial charge is 0.154 e. The highest BCUT2D eigenvalue weighted by atomic mass is 32.2. The Kier molecular flexibility index (Phi) is 5.22. The number of nitrogens with one attached hydrogen (secondary N) is 1. The van der Waals surface area contributed by atoms with Gasteiger partial charge in [0.1, 0.15) is 0 Å². The molecule has 1 heterocycles. The minimum atomic E-state index is -2.82. The van der Waals surface area contributed by atoms with Crippen LogP contribution in [0.1, 0.15) is 37.8 Å². The molecule has 1 aromatic rings. The molecule has 0 amide bonds. The van der Waals surface area contributed by atoms with Crippen LogP contribution in [-0.2, 0) is 22.8 Å². The maximum Gasteiger partial charge on any atom is 0.154 e. The van der Waals surface area contributed by atoms with Gasteiger partial charge >= 0.3 is 0 Å². The van der Waals surface area contributed by atoms with Crippen LogP contribution in [0.4, 0.5) is 0 Å². The summed E-state index contributed by atoms with van der Waals surface area (Å²) in [5, 5.41) is 3.10. The standard InChI is InChI=1S/C16H25NO2S/c1-13(2)10-14-5-7-15(8-6-14)11-17-12-16-4-3-9-20(16,18)19/h5-8,13,16-17H,3-4,9-12H2,1-2H3. The topological polar surface area (TPSA) is 46.2 Å². The third kappa shape index (κ3) is 4.32. The molecule has 1 aromatic carbocycles. The minimum Gasteiger partial charge on any atom is -0.311 e. The van der Waals surface area contributed by atoms with E-state index in [2.05, 4.69) is 43.4 Å². The van der Waals surface area contributed by atoms with Gasteiger partial charge in [0.05, 0.1) is 11.0 Å². The number of sulfone groups is 1. The fraction of sp³-hybridized carbons (Fsp3) is 0.625. The highest BCUT2D eigenvalue weighted by molar-refractivity contribution is 7.92. The van der Waals surface area contributed by atoms with E-state index in [-0.39, 0.29) is 5.25 Å². The van der Waals surface area contributed by atoms with Gasteiger partial charge in [-0.15, -0.1) is 0 Å². The van der Waals surface area contributed by atoms with E-state index in [1.165, 1.54) is 11.1 Å². The van der Waals surface area contributed by atoms with Crippen LogP contribution < -0.4 is 5.32 Å². The Morgan fingerprint density at radius 3 is 2.40 bits per heavy atom. The largest absolute Gasteiger partial charge is 0.311 e. The molecule has 3 nitrogen and oxygen atoms in total. The average molecular weight is 295 g/mol. The summed E-state index contributed by atoms with van der Waals surface area (Å²) in [6, 6.07) is 8.61. The van der Waals surface area contributed by atoms with Crippen molar-refractivity contribution in [1.82, 2.24) is 5.32 Å². The number of hydrogen-bond donors (Lipinski definition) is 1. The minimum absolute atomic E-state index is 0.178. The second-order valence-electron chi connectivity index (χ2n) is 6.18. The van der Waals surface area contributed by atoms with Crippen molar-refractivity contribution in [1.29, 1.82) is 0 Å². The highest BCUT2D eigenvalue weighted by Crippen LogP contribution is 2.19. The maximum absolute atomic E-state index is 11.7. The summed E-state index contributed by atoms with van der Waals surface area (Å²) in [4.78, 5) is 0. The second kappa shape index (κ2) is 6.72. The Labute approximate surface area is 122 Å². The van der Waals surface area contributed by atoms with Crippen LogP contribution in [-0.4, -0.2) is 26.0 Å². The first kappa shape index (κ1) is 15.5. The Balaban J connectivity index is 1.79. The first-order valence-electron chi connectivity index (χ1n) is 7.47. The lowest BCUT2D eigenvalue weighted by atomic mass is 10.0. The van der Waals surface area contributed by atoms with Crippen LogP contribution >= 0.6 is 0 Å². The number of benzene rings is 1. The van der Waals surface area contributed by atoms with Crippen LogP contribution in [0.25, 0.3) is 0 Å². The molecule has 1 unspecified atom stereocenters. The summed E-state index contributed by atoms with van der Waals surface area (Å²) >= 11 is 0. The predicted molar refractivity (Wildman–Crippen MR) is 83.5 cm³/mol. The van der Waals surface area contributed by atoms with Gasteiger partial charge in [-0.25, -0.2) is 8.42 Å². The molecule has 1 N–H and O–H groups in total. The molecule has 0 spiro atoms. The van der Waals surface area contributed by atoms with Crippen LogP contribution in [0, 0.1) is 5.92 Å². The predicted octanol–water partition coefficient (Wildman–Crippen LogP) is 2.55. The molecule has 1 aliphatic rings. The first-order chi connectivity index (χ1) is 9.47. The molecule has 20 heavy (non-hydrogen) atoms. The lowest BCUT2D eigenvalue weighted by Crippen LogP contribution is -2.30. The molecule has 4 heteroatoms. The van der Waals surface area contributed by atoms with Crippen LogP contribution in [0.2, 0.25) is 0 Å². The number of rotatable bonds is 6. The SMILES string of the molecule is CC(C)Cc1ccc(CNCC2CCCS2(=O)=O)cc1. The molecule has 1 fully saturated rings. The Bertz CT molecular complexity index is 520. The molecule has 112 valence electrons. The fourth-order valence-electron chi connectivity index (χ4n) is 2.73. The van der Waals surface area contributed by atoms with Gasteiger partial charge in [0.25, 0.3) is 0 Å². The van der Waals surface area contributed by atoms with Crippen LogP contribution in [0.3, 0.4) is 0 Å². The zero-order chi connectivity index (χ0) is 14.6. The van der Waals surface area contributed by atoms with Crippen LogP contribution in [0.5, 0.6) is 0 Å². The summed E-state index contributed by atoms with van der Waals surface area (Å²) in [5.41, 5.74) is 2.58. The highest BCUT2D eigenvalue weighted by Gasteiger charge is 2.30. The number of hydrogen-bond acceptors (Lipinski definition) is 3. The Morgan fingerprint density at radius 2 is 1.85 bits per heavy atom. The van der Waals surface area contributed by atoms with E-state index in [1.54, 1.807) is 0 Å². The third-order valence-corrected chi connectivity index (χ3v) is 6.11. The van der Waals surface area contributed by atoms with Crippen molar-refractivity contribution in [3.63, 3.8) is 0 Å². The average Bonchev–Trinajstić information content (AvgIpc) is 2.70. The third-order valence-electron chi connectivity index (χ3n) is 3.83. The van der Waals surface area contributed by atoms with E-state index in [0.717, 1.165) is 25.8 Å². The first-order valence-corrected chi connectivity index (χ1v) is 9.19. The van der Waals surface area contributed by atoms with Crippen molar-refractivity contribution in [3.05, 3.63) is 35.4 Å². The van der Waals surface area contributed by atoms with E-state index >= 15 is 0 Å². The molecule has 0 aromatic heterocycles. The quantitative estimate of drug-likeness (QED) is 0.877. The summed E-state index contributed by atoms with van der Waals surface area (Å²) in [7, 11) is -2.82. The lowest BCUT2D eigenvalue weighted by molar-refractivity contribution is 0.574. The second-order valence-corrected chi connectivity index (χ2v) is 8.58. The summed E-state index contributed by atoms with van der Waals surface area (Å²) in [6.07, 6.45) is 2.73. The van der Waals surface area contributed by atoms with E-state index in [1.807, 2.05) is 0 Å². The summed E-state index contributed by atoms with van der Waals surface area (Å²) in [6.45, 7) is 5.76. The van der Waals surface area contributed by atoms with Gasteiger partial charge in [-0.1, -0.05) is 38.1 Å². The van der Waals surface area contributed by atoms with Crippen LogP contribution in [0.15, 0.2) is 24.3 Å². The van der Waals surface area contributed by atoms with Gasteiger partial charge in [-0.05, 0) is 36.3 Å². The molecule has 1 saturated heterocycles. The van der Waals surface area contributed by atoms with E-state index in [9.17, 15) is 8.42 Å². The van der Waals surface area contributed by atoms with Gasteiger partial charge in [0.15, 0.2) is 9.84 Å². The maximum atomic E-state index is 11.7. The fourth-order valence-corrected chi connectivity index (χ4v) is 4.53. The van der Waals surface area contributed by atoms with Gasteiger partial charge < -0.3 is 5.32 Å². The molecule has 1 aliphatic heterocycles. The molecule has 1 atom stereocenters. The van der Waals surface area contributed by atoms with Crippen molar-refractivity contribution in [2.24, 2.45) is 5.92 Å². The van der Waals surface area contributed by atoms with Crippen molar-refractivity contribution < 1.29 is 8.42 Å². The Morgan fingerprint density at radius 1 is 1.20 bits per heavy atom. The van der Waals surface area contributed by atoms with E-state index in [0.29, 0.717) is 18.2 Å². The van der Waals surface area contributed by atoms with Gasteiger partial charge in [-0.3, -0.25) is 0 Å². The lowest BCUT2D eigenvalue weighted by Gasteiger charge is -2.11. The van der Waals surface area contributed by atoms with Gasteiger partial charge in [0.2, 0.25) is 0 Å². The summed E-state index contributed by atoms with van der Waals surface area (Å²) in [5.74, 6) is 1.04. The van der Waals surface area contributed by atoms with Crippen molar-refractivity contribution in [2.75, 3.05) is 12.3 Å². The monoisotopic (exact) mass is 295 g/mol. The van der Waals surface area contributed by atoms with Gasteiger partial charge in [-0.2, -0.15) is 0 Å². The molecule has 0 saturated carbocycles. The molecular formula is C16H25NO2S. The zero-order valence-corrected chi connectivity index (χ0v) is 13.2. The van der Waals surface area contributed by atoms with E-state index < -0.39 is 9.84 Å².